The minimum absolute atomic E-state index is 0.422. The zero-order valence-electron chi connectivity index (χ0n) is 12.1. The first-order valence-corrected chi connectivity index (χ1v) is 6.99. The number of likely N-dealkylation sites (tertiary alicyclic amines) is 1. The fourth-order valence-corrected chi connectivity index (χ4v) is 3.22. The van der Waals surface area contributed by atoms with Crippen LogP contribution in [-0.2, 0) is 4.74 Å². The van der Waals surface area contributed by atoms with E-state index in [0.717, 1.165) is 19.1 Å². The summed E-state index contributed by atoms with van der Waals surface area (Å²) < 4.78 is 5.26. The van der Waals surface area contributed by atoms with Crippen molar-refractivity contribution in [1.82, 2.24) is 10.2 Å². The smallest absolute Gasteiger partial charge is 0.0503 e. The Hall–Kier alpha value is -0.120. The van der Waals surface area contributed by atoms with E-state index in [1.54, 1.807) is 0 Å². The molecule has 2 unspecified atom stereocenters. The van der Waals surface area contributed by atoms with Gasteiger partial charge in [0, 0.05) is 26.7 Å². The van der Waals surface area contributed by atoms with Gasteiger partial charge in [0.25, 0.3) is 0 Å². The zero-order valence-corrected chi connectivity index (χ0v) is 12.1. The highest BCUT2D eigenvalue weighted by Crippen LogP contribution is 2.27. The Morgan fingerprint density at radius 1 is 1.47 bits per heavy atom. The van der Waals surface area contributed by atoms with Crippen molar-refractivity contribution in [2.75, 3.05) is 46.9 Å². The predicted molar refractivity (Wildman–Crippen MR) is 73.4 cm³/mol. The molecule has 1 heterocycles. The molecule has 0 saturated carbocycles. The summed E-state index contributed by atoms with van der Waals surface area (Å²) in [6.45, 7) is 10.4. The first kappa shape index (κ1) is 14.9. The van der Waals surface area contributed by atoms with Crippen molar-refractivity contribution in [3.63, 3.8) is 0 Å². The molecule has 102 valence electrons. The third kappa shape index (κ3) is 4.94. The summed E-state index contributed by atoms with van der Waals surface area (Å²) in [4.78, 5) is 2.62. The van der Waals surface area contributed by atoms with E-state index in [9.17, 15) is 0 Å². The summed E-state index contributed by atoms with van der Waals surface area (Å²) >= 11 is 0. The lowest BCUT2D eigenvalue weighted by Gasteiger charge is -2.33. The summed E-state index contributed by atoms with van der Waals surface area (Å²) in [6, 6.07) is 0. The Bertz CT molecular complexity index is 202. The fraction of sp³-hybridized carbons (Fsp3) is 1.00. The van der Waals surface area contributed by atoms with E-state index in [-0.39, 0.29) is 0 Å². The first-order chi connectivity index (χ1) is 8.13. The van der Waals surface area contributed by atoms with Crippen LogP contribution in [-0.4, -0.2) is 51.8 Å². The van der Waals surface area contributed by atoms with Gasteiger partial charge in [-0.3, -0.25) is 0 Å². The molecule has 0 bridgehead atoms. The number of nitrogens with zero attached hydrogens (tertiary/aromatic N) is 1. The minimum atomic E-state index is 0.422. The predicted octanol–water partition coefficient (Wildman–Crippen LogP) is 1.98. The van der Waals surface area contributed by atoms with Crippen molar-refractivity contribution in [2.24, 2.45) is 11.3 Å². The maximum Gasteiger partial charge on any atom is 0.0503 e. The molecule has 0 aromatic heterocycles. The molecule has 0 amide bonds. The van der Waals surface area contributed by atoms with Crippen molar-refractivity contribution in [3.8, 4) is 0 Å². The Morgan fingerprint density at radius 2 is 2.24 bits per heavy atom. The molecule has 1 aliphatic heterocycles. The normalized spacial score (nSPS) is 25.1. The molecular weight excluding hydrogens is 212 g/mol. The average molecular weight is 242 g/mol. The van der Waals surface area contributed by atoms with Crippen molar-refractivity contribution >= 4 is 0 Å². The van der Waals surface area contributed by atoms with Crippen LogP contribution in [0.4, 0.5) is 0 Å². The molecule has 3 nitrogen and oxygen atoms in total. The van der Waals surface area contributed by atoms with Gasteiger partial charge in [0.15, 0.2) is 0 Å². The quantitative estimate of drug-likeness (QED) is 0.704. The SMILES string of the molecule is CCCC(C)(CNC)CN1CCC(COC)C1. The number of nitrogens with one attached hydrogen (secondary N) is 1. The van der Waals surface area contributed by atoms with E-state index in [4.69, 9.17) is 4.74 Å². The van der Waals surface area contributed by atoms with Crippen molar-refractivity contribution in [1.29, 1.82) is 0 Å². The van der Waals surface area contributed by atoms with Crippen LogP contribution >= 0.6 is 0 Å². The maximum atomic E-state index is 5.26. The molecule has 1 N–H and O–H groups in total. The Balaban J connectivity index is 2.40. The van der Waals surface area contributed by atoms with Crippen molar-refractivity contribution < 1.29 is 4.74 Å². The summed E-state index contributed by atoms with van der Waals surface area (Å²) in [6.07, 6.45) is 3.88. The van der Waals surface area contributed by atoms with Gasteiger partial charge in [0.05, 0.1) is 6.61 Å². The zero-order chi connectivity index (χ0) is 12.7. The lowest BCUT2D eigenvalue weighted by atomic mass is 9.85. The lowest BCUT2D eigenvalue weighted by molar-refractivity contribution is 0.138. The topological polar surface area (TPSA) is 24.5 Å². The van der Waals surface area contributed by atoms with Crippen molar-refractivity contribution in [2.45, 2.75) is 33.1 Å². The van der Waals surface area contributed by atoms with E-state index in [2.05, 4.69) is 31.1 Å². The van der Waals surface area contributed by atoms with E-state index < -0.39 is 0 Å². The van der Waals surface area contributed by atoms with Gasteiger partial charge in [0.2, 0.25) is 0 Å². The largest absolute Gasteiger partial charge is 0.384 e. The fourth-order valence-electron chi connectivity index (χ4n) is 3.22. The van der Waals surface area contributed by atoms with Gasteiger partial charge in [-0.2, -0.15) is 0 Å². The van der Waals surface area contributed by atoms with Gasteiger partial charge < -0.3 is 15.0 Å². The third-order valence-corrected chi connectivity index (χ3v) is 3.83. The summed E-state index contributed by atoms with van der Waals surface area (Å²) in [5, 5.41) is 3.35. The van der Waals surface area contributed by atoms with Crippen LogP contribution in [0.15, 0.2) is 0 Å². The van der Waals surface area contributed by atoms with Gasteiger partial charge in [-0.25, -0.2) is 0 Å². The van der Waals surface area contributed by atoms with Crippen LogP contribution in [0.2, 0.25) is 0 Å². The molecule has 0 radical (unpaired) electrons. The van der Waals surface area contributed by atoms with Crippen LogP contribution in [0, 0.1) is 11.3 Å². The van der Waals surface area contributed by atoms with Crippen LogP contribution in [0.5, 0.6) is 0 Å². The standard InChI is InChI=1S/C14H30N2O/c1-5-7-14(2,11-15-3)12-16-8-6-13(9-16)10-17-4/h13,15H,5-12H2,1-4H3. The van der Waals surface area contributed by atoms with Crippen molar-refractivity contribution in [3.05, 3.63) is 0 Å². The Kier molecular flexibility index (Phi) is 6.45. The van der Waals surface area contributed by atoms with Crippen LogP contribution < -0.4 is 5.32 Å². The molecule has 3 heteroatoms. The van der Waals surface area contributed by atoms with E-state index in [1.165, 1.54) is 38.9 Å². The highest BCUT2D eigenvalue weighted by atomic mass is 16.5. The molecule has 17 heavy (non-hydrogen) atoms. The first-order valence-electron chi connectivity index (χ1n) is 6.99. The number of hydrogen-bond acceptors (Lipinski definition) is 3. The summed E-state index contributed by atoms with van der Waals surface area (Å²) in [7, 11) is 3.87. The number of methoxy groups -OCH3 is 1. The van der Waals surface area contributed by atoms with Crippen LogP contribution in [0.25, 0.3) is 0 Å². The molecule has 1 rings (SSSR count). The Labute approximate surface area is 107 Å². The molecule has 1 aliphatic rings. The maximum absolute atomic E-state index is 5.26. The molecule has 1 saturated heterocycles. The molecule has 2 atom stereocenters. The second kappa shape index (κ2) is 7.34. The molecule has 0 aromatic carbocycles. The van der Waals surface area contributed by atoms with Gasteiger partial charge >= 0.3 is 0 Å². The number of hydrogen-bond donors (Lipinski definition) is 1. The van der Waals surface area contributed by atoms with Crippen LogP contribution in [0.3, 0.4) is 0 Å². The second-order valence-corrected chi connectivity index (χ2v) is 5.94. The molecule has 0 aromatic rings. The van der Waals surface area contributed by atoms with Gasteiger partial charge in [-0.05, 0) is 37.8 Å². The highest BCUT2D eigenvalue weighted by molar-refractivity contribution is 4.84. The average Bonchev–Trinajstić information content (AvgIpc) is 2.66. The molecule has 1 fully saturated rings. The van der Waals surface area contributed by atoms with Gasteiger partial charge in [0.1, 0.15) is 0 Å². The van der Waals surface area contributed by atoms with Gasteiger partial charge in [-0.15, -0.1) is 0 Å². The van der Waals surface area contributed by atoms with E-state index >= 15 is 0 Å². The van der Waals surface area contributed by atoms with Crippen LogP contribution in [0.1, 0.15) is 33.1 Å². The minimum Gasteiger partial charge on any atom is -0.384 e. The monoisotopic (exact) mass is 242 g/mol. The second-order valence-electron chi connectivity index (χ2n) is 5.94. The summed E-state index contributed by atoms with van der Waals surface area (Å²) in [5.74, 6) is 0.750. The summed E-state index contributed by atoms with van der Waals surface area (Å²) in [5.41, 5.74) is 0.422. The molecular formula is C14H30N2O. The van der Waals surface area contributed by atoms with E-state index in [0.29, 0.717) is 5.41 Å². The number of ether oxygens (including phenoxy) is 1. The highest BCUT2D eigenvalue weighted by Gasteiger charge is 2.30. The van der Waals surface area contributed by atoms with Gasteiger partial charge in [-0.1, -0.05) is 20.3 Å². The number of rotatable bonds is 8. The molecule has 0 spiro atoms. The van der Waals surface area contributed by atoms with E-state index in [1.807, 2.05) is 7.11 Å². The molecule has 0 aliphatic carbocycles. The lowest BCUT2D eigenvalue weighted by Crippen LogP contribution is -2.40. The Morgan fingerprint density at radius 3 is 2.82 bits per heavy atom. The third-order valence-electron chi connectivity index (χ3n) is 3.83.